The minimum Gasteiger partial charge on any atom is -0.310 e. The van der Waals surface area contributed by atoms with Crippen LogP contribution in [0.4, 0.5) is 0 Å². The summed E-state index contributed by atoms with van der Waals surface area (Å²) in [6, 6.07) is 0. The van der Waals surface area contributed by atoms with Crippen molar-refractivity contribution in [3.63, 3.8) is 0 Å². The second-order valence-electron chi connectivity index (χ2n) is 6.40. The van der Waals surface area contributed by atoms with E-state index in [9.17, 15) is 0 Å². The lowest BCUT2D eigenvalue weighted by Gasteiger charge is -2.42. The molecule has 0 aromatic carbocycles. The Hall–Kier alpha value is -0.340. The van der Waals surface area contributed by atoms with E-state index in [1.54, 1.807) is 0 Å². The molecule has 1 aliphatic heterocycles. The van der Waals surface area contributed by atoms with Crippen LogP contribution in [0.25, 0.3) is 0 Å². The van der Waals surface area contributed by atoms with Crippen molar-refractivity contribution in [1.82, 2.24) is 10.2 Å². The minimum atomic E-state index is 0.221. The molecule has 0 aliphatic carbocycles. The van der Waals surface area contributed by atoms with Crippen LogP contribution in [0.3, 0.4) is 0 Å². The van der Waals surface area contributed by atoms with Crippen LogP contribution in [0.1, 0.15) is 53.4 Å². The maximum absolute atomic E-state index is 3.90. The fraction of sp³-hybridized carbons (Fsp3) is 0.867. The Morgan fingerprint density at radius 3 is 2.53 bits per heavy atom. The van der Waals surface area contributed by atoms with E-state index in [4.69, 9.17) is 0 Å². The van der Waals surface area contributed by atoms with E-state index in [1.807, 2.05) is 6.08 Å². The SMILES string of the molecule is C=CCN(CC1(CCC)CCCN1)C(C)(C)C. The third kappa shape index (κ3) is 4.11. The molecule has 0 spiro atoms. The van der Waals surface area contributed by atoms with Gasteiger partial charge in [-0.15, -0.1) is 6.58 Å². The lowest BCUT2D eigenvalue weighted by Crippen LogP contribution is -2.54. The summed E-state index contributed by atoms with van der Waals surface area (Å²) < 4.78 is 0. The van der Waals surface area contributed by atoms with Gasteiger partial charge in [0, 0.05) is 24.2 Å². The molecule has 1 unspecified atom stereocenters. The zero-order chi connectivity index (χ0) is 12.9. The average molecular weight is 238 g/mol. The summed E-state index contributed by atoms with van der Waals surface area (Å²) in [6.45, 7) is 16.4. The molecule has 1 aliphatic rings. The summed E-state index contributed by atoms with van der Waals surface area (Å²) in [5.74, 6) is 0. The molecule has 17 heavy (non-hydrogen) atoms. The first-order valence-electron chi connectivity index (χ1n) is 7.04. The van der Waals surface area contributed by atoms with Crippen molar-refractivity contribution in [2.45, 2.75) is 64.5 Å². The van der Waals surface area contributed by atoms with Crippen LogP contribution in [0.15, 0.2) is 12.7 Å². The van der Waals surface area contributed by atoms with Crippen molar-refractivity contribution in [2.75, 3.05) is 19.6 Å². The van der Waals surface area contributed by atoms with Gasteiger partial charge in [-0.3, -0.25) is 4.90 Å². The van der Waals surface area contributed by atoms with Crippen molar-refractivity contribution in [2.24, 2.45) is 0 Å². The van der Waals surface area contributed by atoms with Gasteiger partial charge in [0.2, 0.25) is 0 Å². The normalized spacial score (nSPS) is 25.5. The monoisotopic (exact) mass is 238 g/mol. The Bertz CT molecular complexity index is 234. The summed E-state index contributed by atoms with van der Waals surface area (Å²) in [4.78, 5) is 2.55. The summed E-state index contributed by atoms with van der Waals surface area (Å²) in [7, 11) is 0. The summed E-state index contributed by atoms with van der Waals surface area (Å²) in [5.41, 5.74) is 0.574. The maximum atomic E-state index is 3.90. The number of nitrogens with one attached hydrogen (secondary N) is 1. The number of rotatable bonds is 6. The largest absolute Gasteiger partial charge is 0.310 e. The van der Waals surface area contributed by atoms with Crippen molar-refractivity contribution in [3.8, 4) is 0 Å². The Morgan fingerprint density at radius 1 is 1.41 bits per heavy atom. The molecule has 1 atom stereocenters. The number of nitrogens with zero attached hydrogens (tertiary/aromatic N) is 1. The molecule has 0 bridgehead atoms. The van der Waals surface area contributed by atoms with Crippen LogP contribution < -0.4 is 5.32 Å². The van der Waals surface area contributed by atoms with E-state index in [-0.39, 0.29) is 5.54 Å². The van der Waals surface area contributed by atoms with Crippen LogP contribution in [-0.4, -0.2) is 35.6 Å². The van der Waals surface area contributed by atoms with Crippen LogP contribution in [0.2, 0.25) is 0 Å². The van der Waals surface area contributed by atoms with Gasteiger partial charge in [-0.2, -0.15) is 0 Å². The van der Waals surface area contributed by atoms with Gasteiger partial charge >= 0.3 is 0 Å². The van der Waals surface area contributed by atoms with E-state index < -0.39 is 0 Å². The third-order valence-electron chi connectivity index (χ3n) is 3.85. The molecule has 0 amide bonds. The van der Waals surface area contributed by atoms with E-state index in [0.29, 0.717) is 5.54 Å². The van der Waals surface area contributed by atoms with Gasteiger partial charge < -0.3 is 5.32 Å². The van der Waals surface area contributed by atoms with E-state index >= 15 is 0 Å². The summed E-state index contributed by atoms with van der Waals surface area (Å²) in [5, 5.41) is 3.76. The number of hydrogen-bond donors (Lipinski definition) is 1. The Labute approximate surface area is 107 Å². The van der Waals surface area contributed by atoms with Gasteiger partial charge in [-0.05, 0) is 46.6 Å². The predicted octanol–water partition coefficient (Wildman–Crippen LogP) is 3.20. The van der Waals surface area contributed by atoms with E-state index in [0.717, 1.165) is 13.1 Å². The van der Waals surface area contributed by atoms with Crippen LogP contribution in [-0.2, 0) is 0 Å². The highest BCUT2D eigenvalue weighted by molar-refractivity contribution is 4.98. The molecule has 0 saturated carbocycles. The Morgan fingerprint density at radius 2 is 2.12 bits per heavy atom. The van der Waals surface area contributed by atoms with Crippen molar-refractivity contribution in [3.05, 3.63) is 12.7 Å². The Kier molecular flexibility index (Phi) is 5.21. The van der Waals surface area contributed by atoms with Gasteiger partial charge in [0.05, 0.1) is 0 Å². The van der Waals surface area contributed by atoms with Gasteiger partial charge in [0.25, 0.3) is 0 Å². The fourth-order valence-corrected chi connectivity index (χ4v) is 2.87. The topological polar surface area (TPSA) is 15.3 Å². The Balaban J connectivity index is 2.72. The molecular formula is C15H30N2. The smallest absolute Gasteiger partial charge is 0.0309 e. The van der Waals surface area contributed by atoms with Crippen LogP contribution in [0.5, 0.6) is 0 Å². The molecule has 2 heteroatoms. The molecule has 1 saturated heterocycles. The second-order valence-corrected chi connectivity index (χ2v) is 6.40. The van der Waals surface area contributed by atoms with Crippen molar-refractivity contribution >= 4 is 0 Å². The molecule has 0 aromatic rings. The highest BCUT2D eigenvalue weighted by atomic mass is 15.2. The van der Waals surface area contributed by atoms with Crippen LogP contribution in [0, 0.1) is 0 Å². The van der Waals surface area contributed by atoms with Crippen LogP contribution >= 0.6 is 0 Å². The molecule has 2 nitrogen and oxygen atoms in total. The third-order valence-corrected chi connectivity index (χ3v) is 3.85. The first-order valence-corrected chi connectivity index (χ1v) is 7.04. The molecule has 1 heterocycles. The molecule has 1 rings (SSSR count). The fourth-order valence-electron chi connectivity index (χ4n) is 2.87. The van der Waals surface area contributed by atoms with Gasteiger partial charge in [0.15, 0.2) is 0 Å². The lowest BCUT2D eigenvalue weighted by atomic mass is 9.89. The summed E-state index contributed by atoms with van der Waals surface area (Å²) >= 11 is 0. The highest BCUT2D eigenvalue weighted by Crippen LogP contribution is 2.28. The first-order chi connectivity index (χ1) is 7.93. The minimum absolute atomic E-state index is 0.221. The molecule has 0 aromatic heterocycles. The second kappa shape index (κ2) is 6.01. The molecule has 0 radical (unpaired) electrons. The van der Waals surface area contributed by atoms with Crippen molar-refractivity contribution < 1.29 is 0 Å². The molecule has 100 valence electrons. The zero-order valence-corrected chi connectivity index (χ0v) is 12.2. The standard InChI is InChI=1S/C15H30N2/c1-6-9-15(10-8-11-16-15)13-17(12-7-2)14(3,4)5/h7,16H,2,6,8-13H2,1,3-5H3. The summed E-state index contributed by atoms with van der Waals surface area (Å²) in [6.07, 6.45) is 7.23. The lowest BCUT2D eigenvalue weighted by molar-refractivity contribution is 0.104. The van der Waals surface area contributed by atoms with E-state index in [2.05, 4.69) is 44.5 Å². The van der Waals surface area contributed by atoms with E-state index in [1.165, 1.54) is 32.2 Å². The van der Waals surface area contributed by atoms with Gasteiger partial charge in [-0.1, -0.05) is 19.4 Å². The maximum Gasteiger partial charge on any atom is 0.0309 e. The zero-order valence-electron chi connectivity index (χ0n) is 12.2. The molecular weight excluding hydrogens is 208 g/mol. The molecule has 1 fully saturated rings. The first kappa shape index (κ1) is 14.7. The molecule has 1 N–H and O–H groups in total. The average Bonchev–Trinajstić information content (AvgIpc) is 2.65. The van der Waals surface area contributed by atoms with Gasteiger partial charge in [0.1, 0.15) is 0 Å². The predicted molar refractivity (Wildman–Crippen MR) is 76.4 cm³/mol. The highest BCUT2D eigenvalue weighted by Gasteiger charge is 2.36. The van der Waals surface area contributed by atoms with Crippen molar-refractivity contribution in [1.29, 1.82) is 0 Å². The quantitative estimate of drug-likeness (QED) is 0.715. The number of hydrogen-bond acceptors (Lipinski definition) is 2. The van der Waals surface area contributed by atoms with Gasteiger partial charge in [-0.25, -0.2) is 0 Å².